The molecule has 0 saturated carbocycles. The van der Waals surface area contributed by atoms with E-state index in [4.69, 9.17) is 24.1 Å². The minimum Gasteiger partial charge on any atom is -0.462 e. The van der Waals surface area contributed by atoms with Crippen LogP contribution in [-0.4, -0.2) is 100 Å². The third kappa shape index (κ3) is 23.7. The van der Waals surface area contributed by atoms with Crippen molar-refractivity contribution in [3.05, 3.63) is 0 Å². The maximum atomic E-state index is 12.5. The predicted molar refractivity (Wildman–Crippen MR) is 238 cm³/mol. The van der Waals surface area contributed by atoms with Crippen LogP contribution in [0.15, 0.2) is 0 Å². The first-order chi connectivity index (χ1) is 27.1. The number of piperidine rings is 2. The van der Waals surface area contributed by atoms with Crippen LogP contribution in [0.3, 0.4) is 0 Å². The van der Waals surface area contributed by atoms with Crippen molar-refractivity contribution in [1.82, 2.24) is 9.96 Å². The normalized spacial score (nSPS) is 19.8. The number of carbonyl (C=O) groups excluding carboxylic acids is 2. The summed E-state index contributed by atoms with van der Waals surface area (Å²) in [6.07, 6.45) is 25.4. The number of ether oxygens (including phenoxy) is 2. The Morgan fingerprint density at radius 1 is 0.621 bits per heavy atom. The smallest absolute Gasteiger partial charge is 0.306 e. The number of nitrogens with zero attached hydrogens (tertiary/aromatic N) is 2. The molecule has 0 aliphatic carbocycles. The summed E-state index contributed by atoms with van der Waals surface area (Å²) in [7, 11) is 1.80. The third-order valence-corrected chi connectivity index (χ3v) is 11.9. The molecule has 0 spiro atoms. The average molecular weight is 827 g/mol. The molecule has 344 valence electrons. The summed E-state index contributed by atoms with van der Waals surface area (Å²) in [5.74, 6) is 0.125. The first-order valence-electron chi connectivity index (χ1n) is 23.5. The van der Waals surface area contributed by atoms with E-state index in [0.717, 1.165) is 45.1 Å². The molecule has 0 aromatic heterocycles. The zero-order chi connectivity index (χ0) is 43.9. The number of aliphatic hydroxyl groups is 1. The molecule has 0 aromatic rings. The van der Waals surface area contributed by atoms with Gasteiger partial charge in [0.1, 0.15) is 11.9 Å². The van der Waals surface area contributed by atoms with E-state index in [1.807, 2.05) is 5.06 Å². The lowest BCUT2D eigenvalue weighted by atomic mass is 9.78. The molecule has 10 heteroatoms. The molecule has 0 bridgehead atoms. The summed E-state index contributed by atoms with van der Waals surface area (Å²) >= 11 is 0. The average Bonchev–Trinajstić information content (AvgIpc) is 3.08. The van der Waals surface area contributed by atoms with Gasteiger partial charge in [-0.25, -0.2) is 9.78 Å². The van der Waals surface area contributed by atoms with Crippen molar-refractivity contribution in [3.8, 4) is 0 Å². The first kappa shape index (κ1) is 54.9. The highest BCUT2D eigenvalue weighted by Gasteiger charge is 2.48. The van der Waals surface area contributed by atoms with Gasteiger partial charge in [-0.05, 0) is 102 Å². The number of ketones is 1. The molecule has 10 nitrogen and oxygen atoms in total. The molecule has 2 aliphatic heterocycles. The summed E-state index contributed by atoms with van der Waals surface area (Å²) in [4.78, 5) is 42.3. The van der Waals surface area contributed by atoms with Gasteiger partial charge in [0.2, 0.25) is 0 Å². The molecule has 0 unspecified atom stereocenters. The predicted octanol–water partition coefficient (Wildman–Crippen LogP) is 11.5. The van der Waals surface area contributed by atoms with E-state index in [-0.39, 0.29) is 46.6 Å². The monoisotopic (exact) mass is 827 g/mol. The van der Waals surface area contributed by atoms with Crippen LogP contribution in [0.4, 0.5) is 0 Å². The Balaban J connectivity index is 0.000000652. The second kappa shape index (κ2) is 27.7. The van der Waals surface area contributed by atoms with E-state index < -0.39 is 5.60 Å². The van der Waals surface area contributed by atoms with Gasteiger partial charge in [0.25, 0.3) is 0 Å². The van der Waals surface area contributed by atoms with Gasteiger partial charge in [0.05, 0.1) is 31.5 Å². The number of hydroxylamine groups is 2. The van der Waals surface area contributed by atoms with Gasteiger partial charge in [0, 0.05) is 61.5 Å². The van der Waals surface area contributed by atoms with Gasteiger partial charge < -0.3 is 19.4 Å². The molecule has 2 aliphatic rings. The first-order valence-corrected chi connectivity index (χ1v) is 23.5. The van der Waals surface area contributed by atoms with Gasteiger partial charge in [-0.15, -0.1) is 0 Å². The van der Waals surface area contributed by atoms with E-state index >= 15 is 0 Å². The number of hydrogen-bond acceptors (Lipinski definition) is 10. The van der Waals surface area contributed by atoms with Crippen molar-refractivity contribution in [2.45, 2.75) is 264 Å². The molecule has 2 fully saturated rings. The van der Waals surface area contributed by atoms with E-state index in [9.17, 15) is 14.7 Å². The third-order valence-electron chi connectivity index (χ3n) is 11.9. The van der Waals surface area contributed by atoms with E-state index in [1.165, 1.54) is 83.5 Å². The molecule has 58 heavy (non-hydrogen) atoms. The van der Waals surface area contributed by atoms with Crippen LogP contribution in [0.1, 0.15) is 224 Å². The number of hydrogen-bond donors (Lipinski definition) is 1. The van der Waals surface area contributed by atoms with Crippen LogP contribution < -0.4 is 0 Å². The zero-order valence-corrected chi connectivity index (χ0v) is 40.2. The quantitative estimate of drug-likeness (QED) is 0.0339. The maximum absolute atomic E-state index is 12.5. The van der Waals surface area contributed by atoms with Crippen LogP contribution in [0, 0.1) is 0 Å². The van der Waals surface area contributed by atoms with Crippen molar-refractivity contribution in [2.75, 3.05) is 33.5 Å². The number of unbranched alkanes of at least 4 members (excludes halogenated alkanes) is 14. The molecule has 2 rings (SSSR count). The molecule has 2 saturated heterocycles. The fourth-order valence-electron chi connectivity index (χ4n) is 9.34. The molecule has 0 aromatic carbocycles. The lowest BCUT2D eigenvalue weighted by Gasteiger charge is -2.55. The fraction of sp³-hybridized carbons (Fsp3) is 0.958. The number of Topliss-reactive ketones (excluding diaryl/α,β-unsaturated/α-hetero) is 1. The molecule has 0 atom stereocenters. The van der Waals surface area contributed by atoms with Crippen molar-refractivity contribution < 1.29 is 38.8 Å². The van der Waals surface area contributed by atoms with Crippen molar-refractivity contribution in [3.63, 3.8) is 0 Å². The van der Waals surface area contributed by atoms with Gasteiger partial charge in [-0.3, -0.25) is 14.5 Å². The summed E-state index contributed by atoms with van der Waals surface area (Å²) in [5.41, 5.74) is -1.32. The van der Waals surface area contributed by atoms with Gasteiger partial charge in [-0.1, -0.05) is 96.8 Å². The number of carbonyl (C=O) groups is 2. The Bertz CT molecular complexity index is 1070. The lowest BCUT2D eigenvalue weighted by molar-refractivity contribution is -0.306. The van der Waals surface area contributed by atoms with Crippen molar-refractivity contribution in [1.29, 1.82) is 0 Å². The van der Waals surface area contributed by atoms with Crippen molar-refractivity contribution in [2.24, 2.45) is 0 Å². The number of rotatable bonds is 29. The SMILES string of the molecule is CCCCCCCCCCCCCCCCCC(=O)OC1CC(C)(C)N(OCC(C)(C)O)C(C)(C)C1.COC1CC(C)(C)N(CCOOCCCC(C)=O)C(C)(C)C1. The van der Waals surface area contributed by atoms with Crippen LogP contribution in [-0.2, 0) is 33.7 Å². The van der Waals surface area contributed by atoms with Crippen molar-refractivity contribution >= 4 is 11.8 Å². The second-order valence-electron chi connectivity index (χ2n) is 20.7. The molecule has 1 N–H and O–H groups in total. The summed E-state index contributed by atoms with van der Waals surface area (Å²) < 4.78 is 11.5. The maximum Gasteiger partial charge on any atom is 0.306 e. The molecule has 0 radical (unpaired) electrons. The van der Waals surface area contributed by atoms with Gasteiger partial charge in [0.15, 0.2) is 0 Å². The van der Waals surface area contributed by atoms with Crippen LogP contribution in [0.25, 0.3) is 0 Å². The topological polar surface area (TPSA) is 107 Å². The van der Waals surface area contributed by atoms with E-state index in [1.54, 1.807) is 27.9 Å². The highest BCUT2D eigenvalue weighted by atomic mass is 17.2. The number of methoxy groups -OCH3 is 1. The Hall–Kier alpha value is -1.14. The van der Waals surface area contributed by atoms with Crippen LogP contribution in [0.2, 0.25) is 0 Å². The Morgan fingerprint density at radius 2 is 1.05 bits per heavy atom. The van der Waals surface area contributed by atoms with E-state index in [0.29, 0.717) is 38.6 Å². The molecular formula is C48H94N2O8. The minimum atomic E-state index is -0.886. The Labute approximate surface area is 357 Å². The summed E-state index contributed by atoms with van der Waals surface area (Å²) in [5, 5.41) is 12.1. The van der Waals surface area contributed by atoms with Gasteiger partial charge in [-0.2, -0.15) is 5.06 Å². The van der Waals surface area contributed by atoms with E-state index in [2.05, 4.69) is 67.2 Å². The number of esters is 1. The van der Waals surface area contributed by atoms with Crippen LogP contribution >= 0.6 is 0 Å². The van der Waals surface area contributed by atoms with Gasteiger partial charge >= 0.3 is 5.97 Å². The standard InChI is InChI=1S/C31H61NO4.C17H33NO4/c1-8-9-10-11-12-13-14-15-16-17-18-19-20-21-22-23-28(33)36-27-24-29(2,3)32(30(4,5)25-27)35-26-31(6,7)34;1-14(19)8-7-10-21-22-11-9-18-16(2,3)12-15(20-6)13-17(18,4)5/h27,34H,8-26H2,1-7H3;15H,7-13H2,1-6H3. The lowest BCUT2D eigenvalue weighted by Crippen LogP contribution is -2.62. The second-order valence-corrected chi connectivity index (χ2v) is 20.7. The Kier molecular flexibility index (Phi) is 26.2. The van der Waals surface area contributed by atoms with Crippen LogP contribution in [0.5, 0.6) is 0 Å². The summed E-state index contributed by atoms with van der Waals surface area (Å²) in [6.45, 7) is 26.9. The molecular weight excluding hydrogens is 733 g/mol. The minimum absolute atomic E-state index is 0.0628. The number of likely N-dealkylation sites (tertiary alicyclic amines) is 1. The summed E-state index contributed by atoms with van der Waals surface area (Å²) in [6, 6.07) is 0. The molecule has 2 heterocycles. The largest absolute Gasteiger partial charge is 0.462 e. The zero-order valence-electron chi connectivity index (χ0n) is 40.2. The Morgan fingerprint density at radius 3 is 1.48 bits per heavy atom. The highest BCUT2D eigenvalue weighted by molar-refractivity contribution is 5.75. The fourth-order valence-corrected chi connectivity index (χ4v) is 9.34. The molecule has 0 amide bonds. The highest BCUT2D eigenvalue weighted by Crippen LogP contribution is 2.41.